The van der Waals surface area contributed by atoms with Gasteiger partial charge in [-0.2, -0.15) is 0 Å². The van der Waals surface area contributed by atoms with E-state index in [1.54, 1.807) is 0 Å². The largest absolute Gasteiger partial charge is 0.481 e. The zero-order valence-corrected chi connectivity index (χ0v) is 7.54. The third-order valence-electron chi connectivity index (χ3n) is 2.31. The van der Waals surface area contributed by atoms with Crippen molar-refractivity contribution in [2.24, 2.45) is 5.41 Å². The van der Waals surface area contributed by atoms with Gasteiger partial charge in [-0.15, -0.1) is 0 Å². The third kappa shape index (κ3) is 2.08. The molecule has 2 N–H and O–H groups in total. The number of rotatable bonds is 3. The number of aliphatic carboxylic acids is 1. The molecule has 0 radical (unpaired) electrons. The maximum absolute atomic E-state index is 10.9. The lowest BCUT2D eigenvalue weighted by molar-refractivity contribution is -0.148. The van der Waals surface area contributed by atoms with Crippen LogP contribution >= 0.6 is 0 Å². The molecule has 72 valence electrons. The van der Waals surface area contributed by atoms with E-state index in [4.69, 9.17) is 5.11 Å². The molecule has 1 aliphatic carbocycles. The van der Waals surface area contributed by atoms with Gasteiger partial charge in [0.2, 0.25) is 5.91 Å². The van der Waals surface area contributed by atoms with E-state index in [0.29, 0.717) is 12.8 Å². The molecule has 1 rings (SSSR count). The molecule has 0 aliphatic heterocycles. The minimum atomic E-state index is -0.841. The van der Waals surface area contributed by atoms with Crippen molar-refractivity contribution in [2.75, 3.05) is 6.54 Å². The Morgan fingerprint density at radius 2 is 2.00 bits per heavy atom. The molecule has 0 saturated heterocycles. The van der Waals surface area contributed by atoms with Gasteiger partial charge in [-0.05, 0) is 12.8 Å². The van der Waals surface area contributed by atoms with E-state index >= 15 is 0 Å². The summed E-state index contributed by atoms with van der Waals surface area (Å²) in [6, 6.07) is 0. The highest BCUT2D eigenvalue weighted by molar-refractivity contribution is 5.78. The summed E-state index contributed by atoms with van der Waals surface area (Å²) in [5.41, 5.74) is -0.800. The van der Waals surface area contributed by atoms with Crippen LogP contribution in [0.3, 0.4) is 0 Å². The summed E-state index contributed by atoms with van der Waals surface area (Å²) in [7, 11) is 0. The van der Waals surface area contributed by atoms with Crippen LogP contribution in [0.25, 0.3) is 0 Å². The Bertz CT molecular complexity index is 250. The summed E-state index contributed by atoms with van der Waals surface area (Å²) >= 11 is 0. The molecule has 0 bridgehead atoms. The molecular weight excluding hydrogens is 170 g/mol. The van der Waals surface area contributed by atoms with Gasteiger partial charge >= 0.3 is 5.97 Å². The molecule has 0 aromatic carbocycles. The molecule has 0 atom stereocenters. The quantitative estimate of drug-likeness (QED) is 0.628. The van der Waals surface area contributed by atoms with E-state index in [0.717, 1.165) is 0 Å². The van der Waals surface area contributed by atoms with Crippen molar-refractivity contribution in [1.29, 1.82) is 0 Å². The highest BCUT2D eigenvalue weighted by Crippen LogP contribution is 2.32. The van der Waals surface area contributed by atoms with Crippen LogP contribution < -0.4 is 5.32 Å². The van der Waals surface area contributed by atoms with Gasteiger partial charge in [0.1, 0.15) is 0 Å². The topological polar surface area (TPSA) is 66.4 Å². The van der Waals surface area contributed by atoms with Gasteiger partial charge in [-0.25, -0.2) is 0 Å². The highest BCUT2D eigenvalue weighted by atomic mass is 16.4. The fourth-order valence-electron chi connectivity index (χ4n) is 1.39. The third-order valence-corrected chi connectivity index (χ3v) is 2.31. The molecule has 0 unspecified atom stereocenters. The smallest absolute Gasteiger partial charge is 0.312 e. The first kappa shape index (κ1) is 9.77. The van der Waals surface area contributed by atoms with Crippen LogP contribution in [0.1, 0.15) is 19.8 Å². The number of nitrogens with one attached hydrogen (secondary N) is 1. The number of carboxylic acids is 1. The molecule has 0 aromatic heterocycles. The fraction of sp³-hybridized carbons (Fsp3) is 0.556. The van der Waals surface area contributed by atoms with Crippen LogP contribution in [0.15, 0.2) is 12.2 Å². The fourth-order valence-corrected chi connectivity index (χ4v) is 1.39. The van der Waals surface area contributed by atoms with Crippen LogP contribution in [-0.4, -0.2) is 23.5 Å². The van der Waals surface area contributed by atoms with Gasteiger partial charge in [0, 0.05) is 13.5 Å². The molecule has 0 saturated carbocycles. The lowest BCUT2D eigenvalue weighted by Gasteiger charge is -2.23. The molecule has 0 fully saturated rings. The second-order valence-corrected chi connectivity index (χ2v) is 3.37. The maximum atomic E-state index is 10.9. The first-order chi connectivity index (χ1) is 6.07. The van der Waals surface area contributed by atoms with Gasteiger partial charge < -0.3 is 10.4 Å². The zero-order valence-electron chi connectivity index (χ0n) is 7.54. The Morgan fingerprint density at radius 1 is 1.46 bits per heavy atom. The summed E-state index contributed by atoms with van der Waals surface area (Å²) in [5, 5.41) is 11.5. The summed E-state index contributed by atoms with van der Waals surface area (Å²) in [6.45, 7) is 1.60. The average Bonchev–Trinajstić information content (AvgIpc) is 2.50. The zero-order chi connectivity index (χ0) is 9.90. The lowest BCUT2D eigenvalue weighted by atomic mass is 9.85. The summed E-state index contributed by atoms with van der Waals surface area (Å²) in [5.74, 6) is -1.03. The number of amides is 1. The van der Waals surface area contributed by atoms with Crippen LogP contribution in [0.2, 0.25) is 0 Å². The SMILES string of the molecule is CC(=O)NCC1(C(=O)O)CC=CC1. The van der Waals surface area contributed by atoms with Crippen LogP contribution in [0.4, 0.5) is 0 Å². The Hall–Kier alpha value is -1.32. The molecular formula is C9H13NO3. The van der Waals surface area contributed by atoms with E-state index < -0.39 is 11.4 Å². The van der Waals surface area contributed by atoms with E-state index in [1.165, 1.54) is 6.92 Å². The minimum absolute atomic E-state index is 0.187. The monoisotopic (exact) mass is 183 g/mol. The number of hydrogen-bond donors (Lipinski definition) is 2. The van der Waals surface area contributed by atoms with Crippen molar-refractivity contribution in [3.05, 3.63) is 12.2 Å². The predicted octanol–water partition coefficient (Wildman–Crippen LogP) is 0.543. The Labute approximate surface area is 76.6 Å². The van der Waals surface area contributed by atoms with E-state index in [1.807, 2.05) is 12.2 Å². The molecule has 0 heterocycles. The average molecular weight is 183 g/mol. The Morgan fingerprint density at radius 3 is 2.38 bits per heavy atom. The van der Waals surface area contributed by atoms with Crippen molar-refractivity contribution in [3.8, 4) is 0 Å². The lowest BCUT2D eigenvalue weighted by Crippen LogP contribution is -2.40. The second kappa shape index (κ2) is 3.60. The van der Waals surface area contributed by atoms with Gasteiger partial charge in [-0.3, -0.25) is 9.59 Å². The first-order valence-corrected chi connectivity index (χ1v) is 4.20. The Kier molecular flexibility index (Phi) is 2.70. The normalized spacial score (nSPS) is 18.5. The number of allylic oxidation sites excluding steroid dienone is 2. The molecule has 1 aliphatic rings. The van der Waals surface area contributed by atoms with Gasteiger partial charge in [0.15, 0.2) is 0 Å². The van der Waals surface area contributed by atoms with E-state index in [-0.39, 0.29) is 12.5 Å². The van der Waals surface area contributed by atoms with E-state index in [2.05, 4.69) is 5.32 Å². The molecule has 13 heavy (non-hydrogen) atoms. The van der Waals surface area contributed by atoms with Crippen molar-refractivity contribution < 1.29 is 14.7 Å². The van der Waals surface area contributed by atoms with Crippen LogP contribution in [0.5, 0.6) is 0 Å². The molecule has 4 nitrogen and oxygen atoms in total. The summed E-state index contributed by atoms with van der Waals surface area (Å²) in [6.07, 6.45) is 4.69. The number of carbonyl (C=O) groups excluding carboxylic acids is 1. The van der Waals surface area contributed by atoms with Crippen molar-refractivity contribution in [1.82, 2.24) is 5.32 Å². The van der Waals surface area contributed by atoms with Gasteiger partial charge in [0.25, 0.3) is 0 Å². The summed E-state index contributed by atoms with van der Waals surface area (Å²) < 4.78 is 0. The van der Waals surface area contributed by atoms with Crippen molar-refractivity contribution in [2.45, 2.75) is 19.8 Å². The number of carbonyl (C=O) groups is 2. The summed E-state index contributed by atoms with van der Waals surface area (Å²) in [4.78, 5) is 21.6. The van der Waals surface area contributed by atoms with Crippen molar-refractivity contribution >= 4 is 11.9 Å². The van der Waals surface area contributed by atoms with Gasteiger partial charge in [0.05, 0.1) is 5.41 Å². The van der Waals surface area contributed by atoms with Crippen LogP contribution in [0, 0.1) is 5.41 Å². The maximum Gasteiger partial charge on any atom is 0.312 e. The number of hydrogen-bond acceptors (Lipinski definition) is 2. The second-order valence-electron chi connectivity index (χ2n) is 3.37. The minimum Gasteiger partial charge on any atom is -0.481 e. The first-order valence-electron chi connectivity index (χ1n) is 4.20. The Balaban J connectivity index is 2.59. The van der Waals surface area contributed by atoms with Crippen LogP contribution in [-0.2, 0) is 9.59 Å². The molecule has 1 amide bonds. The van der Waals surface area contributed by atoms with Gasteiger partial charge in [-0.1, -0.05) is 12.2 Å². The molecule has 4 heteroatoms. The van der Waals surface area contributed by atoms with E-state index in [9.17, 15) is 9.59 Å². The highest BCUT2D eigenvalue weighted by Gasteiger charge is 2.38. The molecule has 0 spiro atoms. The number of carboxylic acid groups (broad SMARTS) is 1. The predicted molar refractivity (Wildman–Crippen MR) is 47.1 cm³/mol. The molecule has 0 aromatic rings. The standard InChI is InChI=1S/C9H13NO3/c1-7(11)10-6-9(8(12)13)4-2-3-5-9/h2-3H,4-6H2,1H3,(H,10,11)(H,12,13). The van der Waals surface area contributed by atoms with Crippen molar-refractivity contribution in [3.63, 3.8) is 0 Å².